The molecule has 0 saturated heterocycles. The number of furan rings is 1. The second kappa shape index (κ2) is 7.42. The van der Waals surface area contributed by atoms with E-state index >= 15 is 0 Å². The molecule has 1 amide bonds. The van der Waals surface area contributed by atoms with Crippen molar-refractivity contribution in [3.05, 3.63) is 46.0 Å². The van der Waals surface area contributed by atoms with Crippen molar-refractivity contribution < 1.29 is 9.21 Å². The molecule has 0 atom stereocenters. The van der Waals surface area contributed by atoms with Gasteiger partial charge in [-0.05, 0) is 32.8 Å². The lowest BCUT2D eigenvalue weighted by Gasteiger charge is -2.19. The Hall–Kier alpha value is -2.83. The number of aryl methyl sites for hydroxylation is 2. The Balaban J connectivity index is 2.10. The van der Waals surface area contributed by atoms with E-state index in [4.69, 9.17) is 4.42 Å². The van der Waals surface area contributed by atoms with Crippen LogP contribution in [0, 0.1) is 13.8 Å². The third kappa shape index (κ3) is 3.41. The van der Waals surface area contributed by atoms with Gasteiger partial charge in [-0.15, -0.1) is 0 Å². The number of imidazole rings is 1. The molecule has 0 aliphatic heterocycles. The van der Waals surface area contributed by atoms with Crippen molar-refractivity contribution in [2.75, 3.05) is 13.1 Å². The monoisotopic (exact) mass is 370 g/mol. The Morgan fingerprint density at radius 2 is 1.85 bits per heavy atom. The fraction of sp³-hybridized carbons (Fsp3) is 0.450. The standard InChI is InChI=1S/C20H26N4O3/c1-6-8-23(9-7-2)19(25)16-11-24-12-17(15-10-13(3)27-14(15)4)22(5)20(26)18(24)21-16/h10-12H,6-9H2,1-5H3. The molecule has 0 aliphatic rings. The van der Waals surface area contributed by atoms with Crippen LogP contribution in [0.2, 0.25) is 0 Å². The van der Waals surface area contributed by atoms with E-state index in [-0.39, 0.29) is 17.1 Å². The highest BCUT2D eigenvalue weighted by molar-refractivity contribution is 5.93. The molecule has 0 spiro atoms. The molecule has 0 unspecified atom stereocenters. The SMILES string of the molecule is CCCN(CCC)C(=O)c1cn2cc(-c3cc(C)oc3C)n(C)c(=O)c2n1. The number of amides is 1. The first-order valence-corrected chi connectivity index (χ1v) is 9.32. The summed E-state index contributed by atoms with van der Waals surface area (Å²) in [6.07, 6.45) is 5.22. The summed E-state index contributed by atoms with van der Waals surface area (Å²) in [5.41, 5.74) is 1.87. The number of rotatable bonds is 6. The fourth-order valence-corrected chi connectivity index (χ4v) is 3.38. The second-order valence-corrected chi connectivity index (χ2v) is 6.85. The average molecular weight is 370 g/mol. The van der Waals surface area contributed by atoms with Crippen molar-refractivity contribution in [3.63, 3.8) is 0 Å². The third-order valence-electron chi connectivity index (χ3n) is 4.66. The Morgan fingerprint density at radius 3 is 2.41 bits per heavy atom. The Bertz CT molecular complexity index is 1040. The lowest BCUT2D eigenvalue weighted by atomic mass is 10.2. The van der Waals surface area contributed by atoms with Gasteiger partial charge in [0.1, 0.15) is 17.2 Å². The number of hydrogen-bond acceptors (Lipinski definition) is 4. The van der Waals surface area contributed by atoms with Crippen LogP contribution in [0.3, 0.4) is 0 Å². The molecule has 7 heteroatoms. The van der Waals surface area contributed by atoms with Crippen molar-refractivity contribution >= 4 is 11.6 Å². The van der Waals surface area contributed by atoms with E-state index in [2.05, 4.69) is 4.98 Å². The predicted molar refractivity (Wildman–Crippen MR) is 104 cm³/mol. The van der Waals surface area contributed by atoms with Gasteiger partial charge in [-0.1, -0.05) is 13.8 Å². The minimum absolute atomic E-state index is 0.138. The van der Waals surface area contributed by atoms with Crippen LogP contribution in [-0.2, 0) is 7.05 Å². The summed E-state index contributed by atoms with van der Waals surface area (Å²) < 4.78 is 8.79. The van der Waals surface area contributed by atoms with Gasteiger partial charge >= 0.3 is 0 Å². The van der Waals surface area contributed by atoms with Gasteiger partial charge < -0.3 is 13.9 Å². The lowest BCUT2D eigenvalue weighted by molar-refractivity contribution is 0.0750. The molecular formula is C20H26N4O3. The van der Waals surface area contributed by atoms with Crippen molar-refractivity contribution in [1.82, 2.24) is 18.9 Å². The highest BCUT2D eigenvalue weighted by Crippen LogP contribution is 2.25. The summed E-state index contributed by atoms with van der Waals surface area (Å²) in [7, 11) is 1.70. The van der Waals surface area contributed by atoms with E-state index in [0.29, 0.717) is 18.8 Å². The molecule has 3 rings (SSSR count). The van der Waals surface area contributed by atoms with Crippen LogP contribution in [0.5, 0.6) is 0 Å². The zero-order chi connectivity index (χ0) is 19.7. The number of carbonyl (C=O) groups is 1. The van der Waals surface area contributed by atoms with E-state index in [1.807, 2.05) is 40.0 Å². The van der Waals surface area contributed by atoms with Gasteiger partial charge in [0.05, 0.1) is 5.69 Å². The first-order valence-electron chi connectivity index (χ1n) is 9.32. The molecular weight excluding hydrogens is 344 g/mol. The molecule has 0 N–H and O–H groups in total. The Kier molecular flexibility index (Phi) is 5.21. The first-order chi connectivity index (χ1) is 12.9. The molecule has 27 heavy (non-hydrogen) atoms. The van der Waals surface area contributed by atoms with Crippen molar-refractivity contribution in [2.45, 2.75) is 40.5 Å². The minimum atomic E-state index is -0.248. The maximum atomic E-state index is 12.8. The largest absolute Gasteiger partial charge is 0.466 e. The molecule has 3 aromatic rings. The molecule has 0 aliphatic carbocycles. The topological polar surface area (TPSA) is 72.8 Å². The number of carbonyl (C=O) groups excluding carboxylic acids is 1. The van der Waals surface area contributed by atoms with E-state index < -0.39 is 0 Å². The molecule has 3 heterocycles. The van der Waals surface area contributed by atoms with Crippen LogP contribution in [-0.4, -0.2) is 37.8 Å². The summed E-state index contributed by atoms with van der Waals surface area (Å²) >= 11 is 0. The third-order valence-corrected chi connectivity index (χ3v) is 4.66. The normalized spacial score (nSPS) is 11.3. The Labute approximate surface area is 158 Å². The summed E-state index contributed by atoms with van der Waals surface area (Å²) in [6.45, 7) is 9.17. The van der Waals surface area contributed by atoms with Crippen LogP contribution < -0.4 is 5.56 Å². The van der Waals surface area contributed by atoms with Crippen LogP contribution in [0.25, 0.3) is 16.9 Å². The van der Waals surface area contributed by atoms with E-state index in [0.717, 1.165) is 35.6 Å². The quantitative estimate of drug-likeness (QED) is 0.668. The molecule has 144 valence electrons. The van der Waals surface area contributed by atoms with Crippen molar-refractivity contribution in [2.24, 2.45) is 7.05 Å². The lowest BCUT2D eigenvalue weighted by Crippen LogP contribution is -2.32. The Morgan fingerprint density at radius 1 is 1.19 bits per heavy atom. The van der Waals surface area contributed by atoms with Crippen LogP contribution in [0.4, 0.5) is 0 Å². The first kappa shape index (κ1) is 18.9. The predicted octanol–water partition coefficient (Wildman–Crippen LogP) is 3.17. The van der Waals surface area contributed by atoms with Crippen LogP contribution >= 0.6 is 0 Å². The molecule has 0 radical (unpaired) electrons. The molecule has 0 bridgehead atoms. The molecule has 0 saturated carbocycles. The molecule has 0 fully saturated rings. The molecule has 7 nitrogen and oxygen atoms in total. The summed E-state index contributed by atoms with van der Waals surface area (Å²) in [4.78, 5) is 31.8. The van der Waals surface area contributed by atoms with Gasteiger partial charge in [0, 0.05) is 38.1 Å². The van der Waals surface area contributed by atoms with Gasteiger partial charge in [0.2, 0.25) is 5.65 Å². The van der Waals surface area contributed by atoms with Gasteiger partial charge in [0.25, 0.3) is 11.5 Å². The molecule has 3 aromatic heterocycles. The van der Waals surface area contributed by atoms with Gasteiger partial charge in [-0.2, -0.15) is 0 Å². The maximum absolute atomic E-state index is 12.8. The molecule has 0 aromatic carbocycles. The van der Waals surface area contributed by atoms with E-state index in [1.165, 1.54) is 0 Å². The highest BCUT2D eigenvalue weighted by Gasteiger charge is 2.20. The van der Waals surface area contributed by atoms with Gasteiger partial charge in [-0.25, -0.2) is 4.98 Å². The van der Waals surface area contributed by atoms with Crippen molar-refractivity contribution in [3.8, 4) is 11.3 Å². The fourth-order valence-electron chi connectivity index (χ4n) is 3.38. The summed E-state index contributed by atoms with van der Waals surface area (Å²) in [6, 6.07) is 1.91. The summed E-state index contributed by atoms with van der Waals surface area (Å²) in [5.74, 6) is 1.39. The van der Waals surface area contributed by atoms with E-state index in [1.54, 1.807) is 27.1 Å². The van der Waals surface area contributed by atoms with Crippen LogP contribution in [0.15, 0.2) is 27.7 Å². The highest BCUT2D eigenvalue weighted by atomic mass is 16.3. The van der Waals surface area contributed by atoms with Gasteiger partial charge in [-0.3, -0.25) is 14.0 Å². The summed E-state index contributed by atoms with van der Waals surface area (Å²) in [5, 5.41) is 0. The van der Waals surface area contributed by atoms with Gasteiger partial charge in [0.15, 0.2) is 0 Å². The van der Waals surface area contributed by atoms with Crippen LogP contribution in [0.1, 0.15) is 48.7 Å². The zero-order valence-electron chi connectivity index (χ0n) is 16.6. The zero-order valence-corrected chi connectivity index (χ0v) is 16.6. The van der Waals surface area contributed by atoms with E-state index in [9.17, 15) is 9.59 Å². The average Bonchev–Trinajstić information content (AvgIpc) is 3.20. The minimum Gasteiger partial charge on any atom is -0.466 e. The second-order valence-electron chi connectivity index (χ2n) is 6.85. The number of aromatic nitrogens is 3. The number of nitrogens with zero attached hydrogens (tertiary/aromatic N) is 4. The maximum Gasteiger partial charge on any atom is 0.294 e. The smallest absolute Gasteiger partial charge is 0.294 e. The number of hydrogen-bond donors (Lipinski definition) is 0. The van der Waals surface area contributed by atoms with Crippen molar-refractivity contribution in [1.29, 1.82) is 0 Å². The number of fused-ring (bicyclic) bond motifs is 1.